The predicted molar refractivity (Wildman–Crippen MR) is 87.5 cm³/mol. The Morgan fingerprint density at radius 3 is 2.52 bits per heavy atom. The van der Waals surface area contributed by atoms with Crippen molar-refractivity contribution < 1.29 is 19.5 Å². The van der Waals surface area contributed by atoms with E-state index in [0.717, 1.165) is 0 Å². The normalized spacial score (nSPS) is 20.6. The second kappa shape index (κ2) is 7.46. The molecule has 1 aromatic rings. The third-order valence-electron chi connectivity index (χ3n) is 3.94. The fraction of sp³-hybridized carbons (Fsp3) is 0.438. The molecule has 1 aromatic carbocycles. The number of rotatable bonds is 4. The van der Waals surface area contributed by atoms with Crippen LogP contribution in [0.15, 0.2) is 18.2 Å². The highest BCUT2D eigenvalue weighted by Crippen LogP contribution is 2.32. The van der Waals surface area contributed by atoms with E-state index in [-0.39, 0.29) is 17.7 Å². The van der Waals surface area contributed by atoms with Crippen LogP contribution in [0.3, 0.4) is 0 Å². The molecule has 0 heterocycles. The summed E-state index contributed by atoms with van der Waals surface area (Å²) >= 11 is 6.07. The maximum absolute atomic E-state index is 12.4. The van der Waals surface area contributed by atoms with Crippen LogP contribution in [0, 0.1) is 11.8 Å². The van der Waals surface area contributed by atoms with Gasteiger partial charge in [0.05, 0.1) is 16.6 Å². The molecule has 2 amide bonds. The average molecular weight is 339 g/mol. The number of carboxylic acid groups (broad SMARTS) is 1. The number of aliphatic carboxylic acids is 1. The molecule has 0 spiro atoms. The van der Waals surface area contributed by atoms with E-state index in [4.69, 9.17) is 16.7 Å². The lowest BCUT2D eigenvalue weighted by Crippen LogP contribution is -2.31. The SMILES string of the molecule is CC(=O)Nc1ccc(Cl)c(NC(=O)C2CCCC(C(=O)O)C2)c1. The van der Waals surface area contributed by atoms with Crippen LogP contribution in [0.25, 0.3) is 0 Å². The molecule has 1 fully saturated rings. The van der Waals surface area contributed by atoms with Gasteiger partial charge in [0.25, 0.3) is 0 Å². The first-order chi connectivity index (χ1) is 10.9. The van der Waals surface area contributed by atoms with Gasteiger partial charge in [-0.2, -0.15) is 0 Å². The van der Waals surface area contributed by atoms with Gasteiger partial charge in [-0.3, -0.25) is 14.4 Å². The Hall–Kier alpha value is -2.08. The van der Waals surface area contributed by atoms with Crippen molar-refractivity contribution in [2.45, 2.75) is 32.6 Å². The Morgan fingerprint density at radius 2 is 1.87 bits per heavy atom. The highest BCUT2D eigenvalue weighted by Gasteiger charge is 2.31. The number of carbonyl (C=O) groups is 3. The van der Waals surface area contributed by atoms with Crippen LogP contribution in [0.2, 0.25) is 5.02 Å². The van der Waals surface area contributed by atoms with E-state index in [1.54, 1.807) is 18.2 Å². The molecule has 2 atom stereocenters. The summed E-state index contributed by atoms with van der Waals surface area (Å²) in [5, 5.41) is 14.8. The molecule has 6 nitrogen and oxygen atoms in total. The van der Waals surface area contributed by atoms with Gasteiger partial charge in [0.15, 0.2) is 0 Å². The number of anilines is 2. The monoisotopic (exact) mass is 338 g/mol. The Kier molecular flexibility index (Phi) is 5.60. The summed E-state index contributed by atoms with van der Waals surface area (Å²) in [6.45, 7) is 1.39. The largest absolute Gasteiger partial charge is 0.481 e. The zero-order valence-corrected chi connectivity index (χ0v) is 13.5. The summed E-state index contributed by atoms with van der Waals surface area (Å²) in [6, 6.07) is 4.81. The van der Waals surface area contributed by atoms with Crippen LogP contribution in [0.5, 0.6) is 0 Å². The number of hydrogen-bond donors (Lipinski definition) is 3. The van der Waals surface area contributed by atoms with Crippen molar-refractivity contribution in [2.75, 3.05) is 10.6 Å². The highest BCUT2D eigenvalue weighted by molar-refractivity contribution is 6.33. The molecule has 2 unspecified atom stereocenters. The molecule has 0 bridgehead atoms. The van der Waals surface area contributed by atoms with E-state index in [9.17, 15) is 14.4 Å². The van der Waals surface area contributed by atoms with Gasteiger partial charge in [-0.05, 0) is 37.5 Å². The molecule has 1 saturated carbocycles. The van der Waals surface area contributed by atoms with Crippen molar-refractivity contribution in [2.24, 2.45) is 11.8 Å². The quantitative estimate of drug-likeness (QED) is 0.786. The number of benzene rings is 1. The number of carbonyl (C=O) groups excluding carboxylic acids is 2. The average Bonchev–Trinajstić information content (AvgIpc) is 2.50. The van der Waals surface area contributed by atoms with Gasteiger partial charge in [-0.25, -0.2) is 0 Å². The van der Waals surface area contributed by atoms with Gasteiger partial charge in [-0.15, -0.1) is 0 Å². The number of halogens is 1. The minimum atomic E-state index is -0.854. The fourth-order valence-corrected chi connectivity index (χ4v) is 2.95. The Labute approximate surface area is 139 Å². The van der Waals surface area contributed by atoms with Gasteiger partial charge in [0.1, 0.15) is 0 Å². The molecule has 2 rings (SSSR count). The molecule has 0 radical (unpaired) electrons. The molecule has 1 aliphatic rings. The third kappa shape index (κ3) is 4.69. The Balaban J connectivity index is 2.07. The van der Waals surface area contributed by atoms with Crippen LogP contribution < -0.4 is 10.6 Å². The van der Waals surface area contributed by atoms with Gasteiger partial charge >= 0.3 is 5.97 Å². The van der Waals surface area contributed by atoms with Crippen molar-refractivity contribution >= 4 is 40.8 Å². The highest BCUT2D eigenvalue weighted by atomic mass is 35.5. The summed E-state index contributed by atoms with van der Waals surface area (Å²) in [7, 11) is 0. The smallest absolute Gasteiger partial charge is 0.306 e. The summed E-state index contributed by atoms with van der Waals surface area (Å²) in [6.07, 6.45) is 2.33. The molecule has 0 aliphatic heterocycles. The standard InChI is InChI=1S/C16H19ClN2O4/c1-9(20)18-12-5-6-13(17)14(8-12)19-15(21)10-3-2-4-11(7-10)16(22)23/h5-6,8,10-11H,2-4,7H2,1H3,(H,18,20)(H,19,21)(H,22,23). The van der Waals surface area contributed by atoms with Crippen molar-refractivity contribution in [1.82, 2.24) is 0 Å². The summed E-state index contributed by atoms with van der Waals surface area (Å²) < 4.78 is 0. The lowest BCUT2D eigenvalue weighted by Gasteiger charge is -2.25. The van der Waals surface area contributed by atoms with E-state index in [1.807, 2.05) is 0 Å². The zero-order valence-electron chi connectivity index (χ0n) is 12.8. The van der Waals surface area contributed by atoms with Crippen LogP contribution in [0.1, 0.15) is 32.6 Å². The second-order valence-corrected chi connectivity index (χ2v) is 6.17. The topological polar surface area (TPSA) is 95.5 Å². The number of amides is 2. The molecule has 124 valence electrons. The minimum absolute atomic E-state index is 0.221. The molecule has 0 saturated heterocycles. The van der Waals surface area contributed by atoms with Crippen LogP contribution in [-0.2, 0) is 14.4 Å². The van der Waals surface area contributed by atoms with Crippen molar-refractivity contribution in [3.8, 4) is 0 Å². The van der Waals surface area contributed by atoms with Crippen molar-refractivity contribution in [3.05, 3.63) is 23.2 Å². The van der Waals surface area contributed by atoms with Crippen LogP contribution in [0.4, 0.5) is 11.4 Å². The van der Waals surface area contributed by atoms with Gasteiger partial charge < -0.3 is 15.7 Å². The number of hydrogen-bond acceptors (Lipinski definition) is 3. The minimum Gasteiger partial charge on any atom is -0.481 e. The fourth-order valence-electron chi connectivity index (χ4n) is 2.79. The zero-order chi connectivity index (χ0) is 17.0. The summed E-state index contributed by atoms with van der Waals surface area (Å²) in [4.78, 5) is 34.6. The molecular weight excluding hydrogens is 320 g/mol. The van der Waals surface area contributed by atoms with Crippen molar-refractivity contribution in [3.63, 3.8) is 0 Å². The first-order valence-corrected chi connectivity index (χ1v) is 7.85. The van der Waals surface area contributed by atoms with E-state index in [0.29, 0.717) is 42.1 Å². The molecular formula is C16H19ClN2O4. The molecule has 1 aliphatic carbocycles. The van der Waals surface area contributed by atoms with E-state index >= 15 is 0 Å². The molecule has 3 N–H and O–H groups in total. The Bertz CT molecular complexity index is 633. The first-order valence-electron chi connectivity index (χ1n) is 7.47. The number of nitrogens with one attached hydrogen (secondary N) is 2. The second-order valence-electron chi connectivity index (χ2n) is 5.76. The lowest BCUT2D eigenvalue weighted by molar-refractivity contribution is -0.143. The van der Waals surface area contributed by atoms with Crippen molar-refractivity contribution in [1.29, 1.82) is 0 Å². The summed E-state index contributed by atoms with van der Waals surface area (Å²) in [5.41, 5.74) is 0.935. The third-order valence-corrected chi connectivity index (χ3v) is 4.27. The lowest BCUT2D eigenvalue weighted by atomic mass is 9.81. The van der Waals surface area contributed by atoms with Gasteiger partial charge in [-0.1, -0.05) is 18.0 Å². The van der Waals surface area contributed by atoms with Crippen LogP contribution in [-0.4, -0.2) is 22.9 Å². The summed E-state index contributed by atoms with van der Waals surface area (Å²) in [5.74, 6) is -2.13. The van der Waals surface area contributed by atoms with Gasteiger partial charge in [0, 0.05) is 18.5 Å². The van der Waals surface area contributed by atoms with E-state index < -0.39 is 11.9 Å². The Morgan fingerprint density at radius 1 is 1.17 bits per heavy atom. The first kappa shape index (κ1) is 17.3. The van der Waals surface area contributed by atoms with E-state index in [2.05, 4.69) is 10.6 Å². The molecule has 23 heavy (non-hydrogen) atoms. The van der Waals surface area contributed by atoms with Crippen LogP contribution >= 0.6 is 11.6 Å². The molecule has 0 aromatic heterocycles. The maximum Gasteiger partial charge on any atom is 0.306 e. The molecule has 7 heteroatoms. The number of carboxylic acids is 1. The predicted octanol–water partition coefficient (Wildman–Crippen LogP) is 3.13. The van der Waals surface area contributed by atoms with E-state index in [1.165, 1.54) is 6.92 Å². The van der Waals surface area contributed by atoms with Gasteiger partial charge in [0.2, 0.25) is 11.8 Å². The maximum atomic E-state index is 12.4.